The van der Waals surface area contributed by atoms with Crippen LogP contribution >= 0.6 is 22.6 Å². The monoisotopic (exact) mass is 490 g/mol. The van der Waals surface area contributed by atoms with Crippen molar-refractivity contribution in [1.29, 1.82) is 0 Å². The molecule has 0 N–H and O–H groups in total. The highest BCUT2D eigenvalue weighted by Crippen LogP contribution is 2.34. The lowest BCUT2D eigenvalue weighted by Gasteiger charge is -2.35. The molecule has 1 heterocycles. The van der Waals surface area contributed by atoms with Gasteiger partial charge in [-0.05, 0) is 58.4 Å². The maximum atomic E-state index is 12.2. The van der Waals surface area contributed by atoms with Gasteiger partial charge in [-0.25, -0.2) is 0 Å². The number of Topliss-reactive ketones (excluding diaryl/α,β-unsaturated/α-hetero) is 1. The van der Waals surface area contributed by atoms with E-state index in [9.17, 15) is 9.59 Å². The molecule has 0 aliphatic carbocycles. The Bertz CT molecular complexity index is 563. The van der Waals surface area contributed by atoms with E-state index in [0.29, 0.717) is 13.0 Å². The quantitative estimate of drug-likeness (QED) is 0.183. The van der Waals surface area contributed by atoms with Crippen LogP contribution in [0.15, 0.2) is 23.3 Å². The zero-order chi connectivity index (χ0) is 20.4. The molecule has 1 aliphatic rings. The third kappa shape index (κ3) is 8.90. The molecule has 5 heteroatoms. The van der Waals surface area contributed by atoms with Crippen LogP contribution in [0.5, 0.6) is 0 Å². The van der Waals surface area contributed by atoms with E-state index in [1.807, 2.05) is 33.8 Å². The number of ether oxygens (including phenoxy) is 2. The van der Waals surface area contributed by atoms with Crippen molar-refractivity contribution in [1.82, 2.24) is 0 Å². The van der Waals surface area contributed by atoms with Crippen LogP contribution in [-0.4, -0.2) is 34.5 Å². The summed E-state index contributed by atoms with van der Waals surface area (Å²) in [5.41, 5.74) is 1.94. The molecule has 154 valence electrons. The topological polar surface area (TPSA) is 52.6 Å². The Balaban J connectivity index is 2.68. The normalized spacial score (nSPS) is 25.6. The van der Waals surface area contributed by atoms with Gasteiger partial charge in [-0.2, -0.15) is 0 Å². The molecular weight excluding hydrogens is 455 g/mol. The van der Waals surface area contributed by atoms with E-state index in [4.69, 9.17) is 9.47 Å². The van der Waals surface area contributed by atoms with Crippen LogP contribution in [0.1, 0.15) is 73.1 Å². The van der Waals surface area contributed by atoms with Gasteiger partial charge in [-0.1, -0.05) is 47.2 Å². The second kappa shape index (κ2) is 12.0. The molecule has 1 fully saturated rings. The third-order valence-electron chi connectivity index (χ3n) is 5.24. The van der Waals surface area contributed by atoms with Gasteiger partial charge in [-0.3, -0.25) is 9.59 Å². The highest BCUT2D eigenvalue weighted by Gasteiger charge is 2.39. The van der Waals surface area contributed by atoms with Crippen LogP contribution in [0.2, 0.25) is 0 Å². The van der Waals surface area contributed by atoms with E-state index in [2.05, 4.69) is 28.7 Å². The predicted molar refractivity (Wildman–Crippen MR) is 118 cm³/mol. The summed E-state index contributed by atoms with van der Waals surface area (Å²) in [4.78, 5) is 23.8. The number of carbonyl (C=O) groups excluding carboxylic acids is 2. The average Bonchev–Trinajstić information content (AvgIpc) is 2.73. The maximum absolute atomic E-state index is 12.2. The first kappa shape index (κ1) is 24.3. The molecule has 1 unspecified atom stereocenters. The molecule has 1 aliphatic heterocycles. The Hall–Kier alpha value is -0.690. The van der Waals surface area contributed by atoms with Crippen LogP contribution < -0.4 is 0 Å². The van der Waals surface area contributed by atoms with Crippen molar-refractivity contribution in [2.24, 2.45) is 5.92 Å². The third-order valence-corrected chi connectivity index (χ3v) is 5.68. The van der Waals surface area contributed by atoms with Gasteiger partial charge < -0.3 is 9.47 Å². The van der Waals surface area contributed by atoms with Gasteiger partial charge >= 0.3 is 5.97 Å². The van der Waals surface area contributed by atoms with Gasteiger partial charge in [-0.15, -0.1) is 0 Å². The van der Waals surface area contributed by atoms with Gasteiger partial charge in [0.05, 0.1) is 6.61 Å². The van der Waals surface area contributed by atoms with E-state index < -0.39 is 5.60 Å². The van der Waals surface area contributed by atoms with E-state index in [-0.39, 0.29) is 23.8 Å². The van der Waals surface area contributed by atoms with Gasteiger partial charge in [0.2, 0.25) is 0 Å². The number of esters is 1. The number of carbonyl (C=O) groups is 2. The van der Waals surface area contributed by atoms with E-state index in [0.717, 1.165) is 36.5 Å². The number of allylic oxidation sites excluding steroid dienone is 3. The van der Waals surface area contributed by atoms with Crippen molar-refractivity contribution in [3.63, 3.8) is 0 Å². The number of alkyl halides is 1. The number of rotatable bonds is 9. The van der Waals surface area contributed by atoms with E-state index in [1.54, 1.807) is 0 Å². The largest absolute Gasteiger partial charge is 0.459 e. The van der Waals surface area contributed by atoms with Gasteiger partial charge in [0, 0.05) is 23.7 Å². The standard InChI is InChI=1S/C22H35IO4/c1-16(2)8-10-20(25)17(3)7-6-13-22(5)21(27-18(4)24)11-9-19(12-14-23)15-26-22/h8,12,17,21H,6-7,9-11,13-15H2,1-5H3/t17?,21-,22+/m1/s1. The summed E-state index contributed by atoms with van der Waals surface area (Å²) in [7, 11) is 0. The maximum Gasteiger partial charge on any atom is 0.303 e. The smallest absolute Gasteiger partial charge is 0.303 e. The molecule has 1 rings (SSSR count). The number of ketones is 1. The van der Waals surface area contributed by atoms with Crippen molar-refractivity contribution in [3.05, 3.63) is 23.3 Å². The first-order valence-electron chi connectivity index (χ1n) is 9.89. The first-order valence-corrected chi connectivity index (χ1v) is 11.4. The summed E-state index contributed by atoms with van der Waals surface area (Å²) >= 11 is 2.33. The van der Waals surface area contributed by atoms with Gasteiger partial charge in [0.25, 0.3) is 0 Å². The predicted octanol–water partition coefficient (Wildman–Crippen LogP) is 5.58. The summed E-state index contributed by atoms with van der Waals surface area (Å²) in [5.74, 6) is 0.0602. The Morgan fingerprint density at radius 1 is 1.37 bits per heavy atom. The van der Waals surface area contributed by atoms with Gasteiger partial charge in [0.1, 0.15) is 17.5 Å². The van der Waals surface area contributed by atoms with Crippen molar-refractivity contribution in [3.8, 4) is 0 Å². The number of hydrogen-bond donors (Lipinski definition) is 0. The fourth-order valence-corrected chi connectivity index (χ4v) is 3.98. The zero-order valence-corrected chi connectivity index (χ0v) is 19.6. The molecule has 4 nitrogen and oxygen atoms in total. The molecule has 0 aromatic carbocycles. The van der Waals surface area contributed by atoms with E-state index >= 15 is 0 Å². The highest BCUT2D eigenvalue weighted by atomic mass is 127. The summed E-state index contributed by atoms with van der Waals surface area (Å²) in [6.07, 6.45) is 8.63. The second-order valence-electron chi connectivity index (χ2n) is 8.00. The van der Waals surface area contributed by atoms with Crippen molar-refractivity contribution < 1.29 is 19.1 Å². The first-order chi connectivity index (χ1) is 12.7. The molecule has 0 saturated carbocycles. The highest BCUT2D eigenvalue weighted by molar-refractivity contribution is 14.1. The minimum atomic E-state index is -0.505. The lowest BCUT2D eigenvalue weighted by molar-refractivity contribution is -0.167. The Labute approximate surface area is 178 Å². The molecule has 0 spiro atoms. The second-order valence-corrected chi connectivity index (χ2v) is 8.88. The molecule has 3 atom stereocenters. The fourth-order valence-electron chi connectivity index (χ4n) is 3.36. The van der Waals surface area contributed by atoms with Crippen LogP contribution in [-0.2, 0) is 19.1 Å². The Morgan fingerprint density at radius 3 is 2.67 bits per heavy atom. The molecule has 0 amide bonds. The van der Waals surface area contributed by atoms with Crippen LogP contribution in [0.25, 0.3) is 0 Å². The fraction of sp³-hybridized carbons (Fsp3) is 0.727. The average molecular weight is 490 g/mol. The van der Waals surface area contributed by atoms with Crippen molar-refractivity contribution in [2.75, 3.05) is 11.0 Å². The molecular formula is C22H35IO4. The number of halogens is 1. The summed E-state index contributed by atoms with van der Waals surface area (Å²) in [6, 6.07) is 0. The van der Waals surface area contributed by atoms with Gasteiger partial charge in [0.15, 0.2) is 0 Å². The Kier molecular flexibility index (Phi) is 10.8. The molecule has 27 heavy (non-hydrogen) atoms. The van der Waals surface area contributed by atoms with Crippen LogP contribution in [0.3, 0.4) is 0 Å². The Morgan fingerprint density at radius 2 is 2.07 bits per heavy atom. The SMILES string of the molecule is CC(=O)O[C@@H]1CCC(=CCI)CO[C@@]1(C)CCCC(C)C(=O)CC=C(C)C. The van der Waals surface area contributed by atoms with Crippen molar-refractivity contribution >= 4 is 34.3 Å². The van der Waals surface area contributed by atoms with E-state index in [1.165, 1.54) is 18.1 Å². The summed E-state index contributed by atoms with van der Waals surface area (Å²) < 4.78 is 12.8. The summed E-state index contributed by atoms with van der Waals surface area (Å²) in [6.45, 7) is 10.1. The molecule has 0 radical (unpaired) electrons. The molecule has 0 aromatic heterocycles. The summed E-state index contributed by atoms with van der Waals surface area (Å²) in [5, 5.41) is 0. The van der Waals surface area contributed by atoms with Crippen molar-refractivity contribution in [2.45, 2.75) is 84.8 Å². The lowest BCUT2D eigenvalue weighted by atomic mass is 9.87. The number of hydrogen-bond acceptors (Lipinski definition) is 4. The minimum Gasteiger partial charge on any atom is -0.459 e. The van der Waals surface area contributed by atoms with Crippen LogP contribution in [0, 0.1) is 5.92 Å². The molecule has 1 saturated heterocycles. The van der Waals surface area contributed by atoms with Crippen LogP contribution in [0.4, 0.5) is 0 Å². The minimum absolute atomic E-state index is 0.0385. The molecule has 0 bridgehead atoms. The molecule has 0 aromatic rings. The zero-order valence-electron chi connectivity index (χ0n) is 17.5. The lowest BCUT2D eigenvalue weighted by Crippen LogP contribution is -2.43.